The topological polar surface area (TPSA) is 93.3 Å². The molecular formula is C28H29N3O4. The summed E-state index contributed by atoms with van der Waals surface area (Å²) in [7, 11) is 1.33. The van der Waals surface area contributed by atoms with Crippen molar-refractivity contribution in [3.8, 4) is 11.4 Å². The van der Waals surface area contributed by atoms with Crippen molar-refractivity contribution in [2.24, 2.45) is 0 Å². The predicted octanol–water partition coefficient (Wildman–Crippen LogP) is 4.58. The van der Waals surface area contributed by atoms with Crippen LogP contribution in [0.3, 0.4) is 0 Å². The Balaban J connectivity index is 1.64. The van der Waals surface area contributed by atoms with Gasteiger partial charge in [-0.2, -0.15) is 0 Å². The zero-order valence-corrected chi connectivity index (χ0v) is 20.3. The van der Waals surface area contributed by atoms with Crippen molar-refractivity contribution in [2.75, 3.05) is 13.7 Å². The molecule has 0 radical (unpaired) electrons. The zero-order chi connectivity index (χ0) is 24.9. The Morgan fingerprint density at radius 2 is 1.57 bits per heavy atom. The number of hydrogen-bond acceptors (Lipinski definition) is 6. The van der Waals surface area contributed by atoms with Crippen LogP contribution in [0.4, 0.5) is 0 Å². The van der Waals surface area contributed by atoms with Gasteiger partial charge >= 0.3 is 11.9 Å². The fourth-order valence-corrected chi connectivity index (χ4v) is 4.27. The van der Waals surface area contributed by atoms with E-state index in [0.29, 0.717) is 40.5 Å². The van der Waals surface area contributed by atoms with Gasteiger partial charge in [0, 0.05) is 35.3 Å². The number of nitrogens with zero attached hydrogens (tertiary/aromatic N) is 1. The van der Waals surface area contributed by atoms with Gasteiger partial charge in [-0.1, -0.05) is 60.2 Å². The number of ether oxygens (including phenoxy) is 2. The average Bonchev–Trinajstić information content (AvgIpc) is 3.35. The molecule has 7 nitrogen and oxygen atoms in total. The highest BCUT2D eigenvalue weighted by Crippen LogP contribution is 2.39. The van der Waals surface area contributed by atoms with E-state index in [9.17, 15) is 9.59 Å². The molecule has 1 aliphatic rings. The lowest BCUT2D eigenvalue weighted by Crippen LogP contribution is -2.32. The highest BCUT2D eigenvalue weighted by molar-refractivity contribution is 5.99. The lowest BCUT2D eigenvalue weighted by molar-refractivity contribution is -0.139. The van der Waals surface area contributed by atoms with E-state index in [-0.39, 0.29) is 6.61 Å². The Labute approximate surface area is 204 Å². The fourth-order valence-electron chi connectivity index (χ4n) is 4.27. The number of carbonyl (C=O) groups is 2. The first kappa shape index (κ1) is 24.0. The van der Waals surface area contributed by atoms with Gasteiger partial charge in [0.1, 0.15) is 5.82 Å². The van der Waals surface area contributed by atoms with Crippen LogP contribution in [0.15, 0.2) is 83.3 Å². The molecule has 1 aromatic heterocycles. The second-order valence-electron chi connectivity index (χ2n) is 8.55. The molecule has 0 saturated heterocycles. The van der Waals surface area contributed by atoms with Crippen LogP contribution in [0.2, 0.25) is 0 Å². The summed E-state index contributed by atoms with van der Waals surface area (Å²) < 4.78 is 10.7. The second-order valence-corrected chi connectivity index (χ2v) is 8.55. The van der Waals surface area contributed by atoms with Crippen molar-refractivity contribution in [1.82, 2.24) is 15.3 Å². The van der Waals surface area contributed by atoms with E-state index < -0.39 is 17.9 Å². The molecule has 2 heterocycles. The van der Waals surface area contributed by atoms with Gasteiger partial charge in [0.25, 0.3) is 0 Å². The van der Waals surface area contributed by atoms with Crippen molar-refractivity contribution in [3.63, 3.8) is 0 Å². The monoisotopic (exact) mass is 471 g/mol. The van der Waals surface area contributed by atoms with E-state index in [2.05, 4.69) is 15.3 Å². The maximum Gasteiger partial charge on any atom is 0.336 e. The minimum absolute atomic E-state index is 0.222. The van der Waals surface area contributed by atoms with Gasteiger partial charge in [-0.25, -0.2) is 14.6 Å². The number of benzene rings is 2. The summed E-state index contributed by atoms with van der Waals surface area (Å²) in [5.41, 5.74) is 5.69. The summed E-state index contributed by atoms with van der Waals surface area (Å²) in [6, 6.07) is 17.8. The number of aromatic amines is 1. The van der Waals surface area contributed by atoms with Crippen LogP contribution in [0.5, 0.6) is 0 Å². The van der Waals surface area contributed by atoms with Crippen LogP contribution < -0.4 is 5.32 Å². The number of hydrogen-bond donors (Lipinski definition) is 2. The molecule has 0 saturated carbocycles. The number of methoxy groups -OCH3 is 1. The maximum absolute atomic E-state index is 13.3. The summed E-state index contributed by atoms with van der Waals surface area (Å²) in [6.07, 6.45) is 2.25. The third kappa shape index (κ3) is 5.19. The van der Waals surface area contributed by atoms with E-state index in [1.165, 1.54) is 12.7 Å². The summed E-state index contributed by atoms with van der Waals surface area (Å²) in [5.74, 6) is -1.07. The van der Waals surface area contributed by atoms with Gasteiger partial charge in [-0.15, -0.1) is 0 Å². The Kier molecular flexibility index (Phi) is 7.15. The van der Waals surface area contributed by atoms with Crippen LogP contribution in [0, 0.1) is 6.92 Å². The van der Waals surface area contributed by atoms with Crippen LogP contribution >= 0.6 is 0 Å². The summed E-state index contributed by atoms with van der Waals surface area (Å²) in [5, 5.41) is 3.15. The highest BCUT2D eigenvalue weighted by Gasteiger charge is 2.39. The molecule has 2 N–H and O–H groups in total. The number of carbonyl (C=O) groups excluding carboxylic acids is 2. The highest BCUT2D eigenvalue weighted by atomic mass is 16.5. The van der Waals surface area contributed by atoms with Crippen molar-refractivity contribution >= 4 is 11.9 Å². The van der Waals surface area contributed by atoms with Gasteiger partial charge in [0.05, 0.1) is 30.8 Å². The molecule has 0 fully saturated rings. The fraction of sp³-hybridized carbons (Fsp3) is 0.250. The number of aryl methyl sites for hydroxylation is 1. The summed E-state index contributed by atoms with van der Waals surface area (Å²) in [6.45, 7) is 5.84. The van der Waals surface area contributed by atoms with Crippen molar-refractivity contribution in [2.45, 2.75) is 33.1 Å². The van der Waals surface area contributed by atoms with Crippen LogP contribution in [-0.2, 0) is 25.5 Å². The minimum Gasteiger partial charge on any atom is -0.466 e. The first-order chi connectivity index (χ1) is 16.9. The van der Waals surface area contributed by atoms with Gasteiger partial charge in [-0.05, 0) is 26.3 Å². The lowest BCUT2D eigenvalue weighted by Gasteiger charge is -2.29. The SMILES string of the molecule is COC(=O)C1=C(C)NC(C)=C(C(=O)OCCc2ccc(C)cc2)C1c1cnc(-c2ccccc2)[nH]1. The largest absolute Gasteiger partial charge is 0.466 e. The van der Waals surface area contributed by atoms with Crippen molar-refractivity contribution < 1.29 is 19.1 Å². The van der Waals surface area contributed by atoms with E-state index in [1.54, 1.807) is 20.0 Å². The minimum atomic E-state index is -0.708. The molecule has 0 spiro atoms. The molecule has 0 aliphatic carbocycles. The molecule has 1 aliphatic heterocycles. The number of imidazole rings is 1. The average molecular weight is 472 g/mol. The summed E-state index contributed by atoms with van der Waals surface area (Å²) >= 11 is 0. The second kappa shape index (κ2) is 10.4. The number of H-pyrrole nitrogens is 1. The number of dihydropyridines is 1. The zero-order valence-electron chi connectivity index (χ0n) is 20.3. The molecule has 4 rings (SSSR count). The van der Waals surface area contributed by atoms with Gasteiger partial charge < -0.3 is 19.8 Å². The standard InChI is InChI=1S/C28H29N3O4/c1-17-10-12-20(13-11-17)14-15-35-28(33)24-19(3)30-18(2)23(27(32)34-4)25(24)22-16-29-26(31-22)21-8-6-5-7-9-21/h5-13,16,25,30H,14-15H2,1-4H3,(H,29,31). The maximum atomic E-state index is 13.3. The molecular weight excluding hydrogens is 442 g/mol. The quantitative estimate of drug-likeness (QED) is 0.490. The Morgan fingerprint density at radius 3 is 2.23 bits per heavy atom. The number of aromatic nitrogens is 2. The predicted molar refractivity (Wildman–Crippen MR) is 133 cm³/mol. The smallest absolute Gasteiger partial charge is 0.336 e. The Hall–Kier alpha value is -4.13. The molecule has 7 heteroatoms. The van der Waals surface area contributed by atoms with E-state index in [0.717, 1.165) is 11.1 Å². The number of rotatable bonds is 7. The van der Waals surface area contributed by atoms with Crippen LogP contribution in [0.25, 0.3) is 11.4 Å². The third-order valence-electron chi connectivity index (χ3n) is 6.08. The first-order valence-corrected chi connectivity index (χ1v) is 11.5. The molecule has 3 aromatic rings. The van der Waals surface area contributed by atoms with Gasteiger partial charge in [0.15, 0.2) is 0 Å². The van der Waals surface area contributed by atoms with Crippen molar-refractivity contribution in [1.29, 1.82) is 0 Å². The molecule has 1 unspecified atom stereocenters. The van der Waals surface area contributed by atoms with Gasteiger partial charge in [0.2, 0.25) is 0 Å². The van der Waals surface area contributed by atoms with E-state index >= 15 is 0 Å². The first-order valence-electron chi connectivity index (χ1n) is 11.5. The molecule has 0 bridgehead atoms. The molecule has 2 aromatic carbocycles. The molecule has 180 valence electrons. The normalized spacial score (nSPS) is 15.6. The number of allylic oxidation sites excluding steroid dienone is 2. The Morgan fingerprint density at radius 1 is 0.914 bits per heavy atom. The molecule has 0 amide bonds. The van der Waals surface area contributed by atoms with Crippen LogP contribution in [-0.4, -0.2) is 35.6 Å². The lowest BCUT2D eigenvalue weighted by atomic mass is 9.83. The molecule has 1 atom stereocenters. The number of esters is 2. The van der Waals surface area contributed by atoms with E-state index in [1.807, 2.05) is 61.5 Å². The van der Waals surface area contributed by atoms with Crippen LogP contribution in [0.1, 0.15) is 36.6 Å². The number of nitrogens with one attached hydrogen (secondary N) is 2. The van der Waals surface area contributed by atoms with E-state index in [4.69, 9.17) is 9.47 Å². The molecule has 35 heavy (non-hydrogen) atoms. The van der Waals surface area contributed by atoms with Crippen molar-refractivity contribution in [3.05, 3.63) is 100 Å². The Bertz CT molecular complexity index is 1290. The summed E-state index contributed by atoms with van der Waals surface area (Å²) in [4.78, 5) is 34.0. The third-order valence-corrected chi connectivity index (χ3v) is 6.08. The van der Waals surface area contributed by atoms with Gasteiger partial charge in [-0.3, -0.25) is 0 Å².